The molecular weight excluding hydrogens is 214 g/mol. The van der Waals surface area contributed by atoms with Gasteiger partial charge in [-0.05, 0) is 24.3 Å². The van der Waals surface area contributed by atoms with Crippen LogP contribution >= 0.6 is 0 Å². The summed E-state index contributed by atoms with van der Waals surface area (Å²) in [4.78, 5) is 20.2. The Morgan fingerprint density at radius 2 is 2.06 bits per heavy atom. The Bertz CT molecular complexity index is 620. The van der Waals surface area contributed by atoms with E-state index in [1.165, 1.54) is 0 Å². The standard InChI is InChI=1S/C13H9N3O/c17-13-10-5-7-14-8-9(10)3-4-11-12(16-13)2-1-6-15-11/h1-8H,(H,16,17). The molecule has 2 aromatic heterocycles. The maximum absolute atomic E-state index is 12.0. The fraction of sp³-hybridized carbons (Fsp3) is 0. The Morgan fingerprint density at radius 1 is 1.12 bits per heavy atom. The fourth-order valence-corrected chi connectivity index (χ4v) is 1.76. The molecule has 0 aromatic carbocycles. The number of aromatic nitrogens is 2. The van der Waals surface area contributed by atoms with Crippen molar-refractivity contribution in [2.45, 2.75) is 0 Å². The van der Waals surface area contributed by atoms with Gasteiger partial charge in [0.25, 0.3) is 5.91 Å². The molecule has 3 rings (SSSR count). The maximum Gasteiger partial charge on any atom is 0.256 e. The van der Waals surface area contributed by atoms with Crippen molar-refractivity contribution in [3.8, 4) is 0 Å². The molecule has 0 radical (unpaired) electrons. The van der Waals surface area contributed by atoms with Gasteiger partial charge in [0.1, 0.15) is 0 Å². The van der Waals surface area contributed by atoms with Gasteiger partial charge in [0.15, 0.2) is 0 Å². The van der Waals surface area contributed by atoms with Crippen LogP contribution in [0.15, 0.2) is 36.8 Å². The van der Waals surface area contributed by atoms with Crippen LogP contribution in [-0.4, -0.2) is 15.9 Å². The second-order valence-electron chi connectivity index (χ2n) is 3.69. The molecule has 4 nitrogen and oxygen atoms in total. The summed E-state index contributed by atoms with van der Waals surface area (Å²) in [5, 5.41) is 2.84. The predicted octanol–water partition coefficient (Wildman–Crippen LogP) is 2.21. The van der Waals surface area contributed by atoms with E-state index < -0.39 is 0 Å². The Kier molecular flexibility index (Phi) is 2.19. The van der Waals surface area contributed by atoms with E-state index in [1.807, 2.05) is 18.2 Å². The Morgan fingerprint density at radius 3 is 3.00 bits per heavy atom. The van der Waals surface area contributed by atoms with Crippen molar-refractivity contribution >= 4 is 23.7 Å². The first-order chi connectivity index (χ1) is 8.34. The van der Waals surface area contributed by atoms with Crippen molar-refractivity contribution in [3.05, 3.63) is 53.6 Å². The van der Waals surface area contributed by atoms with E-state index in [4.69, 9.17) is 0 Å². The number of hydrogen-bond donors (Lipinski definition) is 1. The van der Waals surface area contributed by atoms with Crippen LogP contribution in [0.4, 0.5) is 5.69 Å². The molecular formula is C13H9N3O. The highest BCUT2D eigenvalue weighted by Crippen LogP contribution is 2.21. The van der Waals surface area contributed by atoms with Crippen molar-refractivity contribution in [1.82, 2.24) is 9.97 Å². The molecule has 3 heterocycles. The molecule has 1 aliphatic heterocycles. The first kappa shape index (κ1) is 9.72. The molecule has 0 spiro atoms. The summed E-state index contributed by atoms with van der Waals surface area (Å²) < 4.78 is 0. The Balaban J connectivity index is 2.19. The topological polar surface area (TPSA) is 54.9 Å². The molecule has 0 unspecified atom stereocenters. The van der Waals surface area contributed by atoms with Gasteiger partial charge in [-0.15, -0.1) is 0 Å². The summed E-state index contributed by atoms with van der Waals surface area (Å²) in [6.45, 7) is 0. The zero-order chi connectivity index (χ0) is 11.7. The first-order valence-corrected chi connectivity index (χ1v) is 5.23. The second kappa shape index (κ2) is 3.83. The second-order valence-corrected chi connectivity index (χ2v) is 3.69. The van der Waals surface area contributed by atoms with Gasteiger partial charge in [0.05, 0.1) is 11.4 Å². The summed E-state index contributed by atoms with van der Waals surface area (Å²) in [7, 11) is 0. The van der Waals surface area contributed by atoms with Crippen LogP contribution < -0.4 is 5.32 Å². The molecule has 0 atom stereocenters. The third-order valence-electron chi connectivity index (χ3n) is 2.60. The van der Waals surface area contributed by atoms with Crippen molar-refractivity contribution in [2.24, 2.45) is 0 Å². The number of anilines is 1. The van der Waals surface area contributed by atoms with Crippen molar-refractivity contribution in [1.29, 1.82) is 0 Å². The highest BCUT2D eigenvalue weighted by Gasteiger charge is 2.14. The van der Waals surface area contributed by atoms with E-state index in [9.17, 15) is 4.79 Å². The van der Waals surface area contributed by atoms with Crippen LogP contribution in [-0.2, 0) is 0 Å². The largest absolute Gasteiger partial charge is 0.320 e. The minimum atomic E-state index is -0.138. The van der Waals surface area contributed by atoms with Crippen molar-refractivity contribution in [2.75, 3.05) is 5.32 Å². The van der Waals surface area contributed by atoms with Crippen molar-refractivity contribution in [3.63, 3.8) is 0 Å². The molecule has 2 aromatic rings. The van der Waals surface area contributed by atoms with Crippen LogP contribution in [0, 0.1) is 0 Å². The SMILES string of the molecule is O=C1Nc2cccnc2/C=C\c2cnccc21. The van der Waals surface area contributed by atoms with Crippen molar-refractivity contribution < 1.29 is 4.79 Å². The smallest absolute Gasteiger partial charge is 0.256 e. The maximum atomic E-state index is 12.0. The van der Waals surface area contributed by atoms with E-state index in [0.717, 1.165) is 16.9 Å². The summed E-state index contributed by atoms with van der Waals surface area (Å²) in [6.07, 6.45) is 8.70. The molecule has 0 saturated heterocycles. The van der Waals surface area contributed by atoms with Gasteiger partial charge in [-0.25, -0.2) is 0 Å². The highest BCUT2D eigenvalue weighted by molar-refractivity contribution is 6.08. The number of hydrogen-bond acceptors (Lipinski definition) is 3. The summed E-state index contributed by atoms with van der Waals surface area (Å²) >= 11 is 0. The normalized spacial score (nSPS) is 14.9. The van der Waals surface area contributed by atoms with Crippen LogP contribution in [0.1, 0.15) is 21.6 Å². The van der Waals surface area contributed by atoms with Crippen LogP contribution in [0.2, 0.25) is 0 Å². The predicted molar refractivity (Wildman–Crippen MR) is 65.4 cm³/mol. The van der Waals surface area contributed by atoms with E-state index in [1.54, 1.807) is 30.7 Å². The molecule has 1 amide bonds. The quantitative estimate of drug-likeness (QED) is 0.745. The zero-order valence-corrected chi connectivity index (χ0v) is 8.92. The number of nitrogens with one attached hydrogen (secondary N) is 1. The van der Waals surface area contributed by atoms with Gasteiger partial charge in [-0.2, -0.15) is 0 Å². The molecule has 0 bridgehead atoms. The minimum Gasteiger partial charge on any atom is -0.320 e. The van der Waals surface area contributed by atoms with E-state index in [2.05, 4.69) is 15.3 Å². The van der Waals surface area contributed by atoms with Gasteiger partial charge in [0.2, 0.25) is 0 Å². The number of amides is 1. The lowest BCUT2D eigenvalue weighted by Crippen LogP contribution is -2.15. The molecule has 0 aliphatic carbocycles. The monoisotopic (exact) mass is 223 g/mol. The Hall–Kier alpha value is -2.49. The zero-order valence-electron chi connectivity index (χ0n) is 8.92. The fourth-order valence-electron chi connectivity index (χ4n) is 1.76. The van der Waals surface area contributed by atoms with Crippen LogP contribution in [0.3, 0.4) is 0 Å². The number of nitrogens with zero attached hydrogens (tertiary/aromatic N) is 2. The number of fused-ring (bicyclic) bond motifs is 2. The molecule has 82 valence electrons. The summed E-state index contributed by atoms with van der Waals surface area (Å²) in [6, 6.07) is 5.33. The number of rotatable bonds is 0. The lowest BCUT2D eigenvalue weighted by Gasteiger charge is -2.12. The average Bonchev–Trinajstić information content (AvgIpc) is 2.36. The summed E-state index contributed by atoms with van der Waals surface area (Å²) in [5.74, 6) is -0.138. The molecule has 1 aliphatic rings. The molecule has 0 fully saturated rings. The highest BCUT2D eigenvalue weighted by atomic mass is 16.1. The molecule has 17 heavy (non-hydrogen) atoms. The number of carbonyl (C=O) groups is 1. The third kappa shape index (κ3) is 1.69. The van der Waals surface area contributed by atoms with Gasteiger partial charge >= 0.3 is 0 Å². The first-order valence-electron chi connectivity index (χ1n) is 5.23. The van der Waals surface area contributed by atoms with Crippen LogP contribution in [0.5, 0.6) is 0 Å². The molecule has 1 N–H and O–H groups in total. The lowest BCUT2D eigenvalue weighted by molar-refractivity contribution is 0.102. The van der Waals surface area contributed by atoms with Gasteiger partial charge < -0.3 is 5.32 Å². The number of pyridine rings is 2. The van der Waals surface area contributed by atoms with Crippen LogP contribution in [0.25, 0.3) is 12.2 Å². The lowest BCUT2D eigenvalue weighted by atomic mass is 10.1. The van der Waals surface area contributed by atoms with Gasteiger partial charge in [0, 0.05) is 29.7 Å². The third-order valence-corrected chi connectivity index (χ3v) is 2.60. The van der Waals surface area contributed by atoms with E-state index in [-0.39, 0.29) is 5.91 Å². The minimum absolute atomic E-state index is 0.138. The average molecular weight is 223 g/mol. The van der Waals surface area contributed by atoms with E-state index >= 15 is 0 Å². The molecule has 0 saturated carbocycles. The summed E-state index contributed by atoms with van der Waals surface area (Å²) in [5.41, 5.74) is 2.87. The van der Waals surface area contributed by atoms with Gasteiger partial charge in [-0.1, -0.05) is 6.08 Å². The van der Waals surface area contributed by atoms with Gasteiger partial charge in [-0.3, -0.25) is 14.8 Å². The van der Waals surface area contributed by atoms with E-state index in [0.29, 0.717) is 5.56 Å². The Labute approximate surface area is 98.0 Å². The number of carbonyl (C=O) groups excluding carboxylic acids is 1. The molecule has 4 heteroatoms.